The lowest BCUT2D eigenvalue weighted by Gasteiger charge is -2.32. The van der Waals surface area contributed by atoms with Gasteiger partial charge in [0, 0.05) is 19.0 Å². The molecule has 3 aromatic rings. The Hall–Kier alpha value is -3.67. The van der Waals surface area contributed by atoms with E-state index in [1.165, 1.54) is 24.3 Å². The molecule has 0 aliphatic heterocycles. The first-order chi connectivity index (χ1) is 17.5. The van der Waals surface area contributed by atoms with Crippen molar-refractivity contribution in [3.8, 4) is 5.75 Å². The molecule has 36 heavy (non-hydrogen) atoms. The van der Waals surface area contributed by atoms with Crippen molar-refractivity contribution in [3.05, 3.63) is 101 Å². The van der Waals surface area contributed by atoms with Crippen molar-refractivity contribution in [2.75, 3.05) is 6.61 Å². The van der Waals surface area contributed by atoms with Gasteiger partial charge in [-0.15, -0.1) is 0 Å². The second-order valence-electron chi connectivity index (χ2n) is 9.45. The van der Waals surface area contributed by atoms with Crippen LogP contribution in [0.1, 0.15) is 42.4 Å². The Morgan fingerprint density at radius 3 is 2.36 bits per heavy atom. The summed E-state index contributed by atoms with van der Waals surface area (Å²) in [5.41, 5.74) is 3.00. The number of benzene rings is 3. The number of nitrogens with one attached hydrogen (secondary N) is 1. The fourth-order valence-electron chi connectivity index (χ4n) is 4.69. The van der Waals surface area contributed by atoms with E-state index < -0.39 is 6.04 Å². The standard InChI is InChI=1S/C30H33FN2O3/c1-22-8-7-11-24(18-22)20-33(29(34)21-36-27-16-14-25(31)15-17-27)28(19-23-9-3-2-4-10-23)30(35)32-26-12-5-6-13-26/h2-4,7-11,14-18,26,28H,5-6,12-13,19-21H2,1H3,(H,32,35)/t28-/m0/s1. The predicted molar refractivity (Wildman–Crippen MR) is 138 cm³/mol. The summed E-state index contributed by atoms with van der Waals surface area (Å²) >= 11 is 0. The van der Waals surface area contributed by atoms with Gasteiger partial charge >= 0.3 is 0 Å². The molecule has 0 unspecified atom stereocenters. The molecular weight excluding hydrogens is 455 g/mol. The molecule has 4 rings (SSSR count). The van der Waals surface area contributed by atoms with Crippen LogP contribution in [0.25, 0.3) is 0 Å². The van der Waals surface area contributed by atoms with E-state index in [2.05, 4.69) is 5.32 Å². The number of rotatable bonds is 10. The van der Waals surface area contributed by atoms with E-state index in [0.717, 1.165) is 42.4 Å². The molecule has 0 heterocycles. The molecule has 1 aliphatic rings. The molecule has 0 saturated heterocycles. The first-order valence-corrected chi connectivity index (χ1v) is 12.6. The van der Waals surface area contributed by atoms with E-state index in [9.17, 15) is 14.0 Å². The second-order valence-corrected chi connectivity index (χ2v) is 9.45. The van der Waals surface area contributed by atoms with Gasteiger partial charge in [-0.1, -0.05) is 73.0 Å². The fraction of sp³-hybridized carbons (Fsp3) is 0.333. The smallest absolute Gasteiger partial charge is 0.261 e. The number of carbonyl (C=O) groups is 2. The Labute approximate surface area is 212 Å². The van der Waals surface area contributed by atoms with Crippen LogP contribution in [0, 0.1) is 12.7 Å². The summed E-state index contributed by atoms with van der Waals surface area (Å²) < 4.78 is 19.0. The molecule has 0 bridgehead atoms. The third kappa shape index (κ3) is 7.17. The molecular formula is C30H33FN2O3. The number of ether oxygens (including phenoxy) is 1. The first-order valence-electron chi connectivity index (χ1n) is 12.6. The third-order valence-corrected chi connectivity index (χ3v) is 6.58. The molecule has 1 atom stereocenters. The van der Waals surface area contributed by atoms with Crippen LogP contribution in [0.15, 0.2) is 78.9 Å². The van der Waals surface area contributed by atoms with Crippen LogP contribution in [0.2, 0.25) is 0 Å². The molecule has 3 aromatic carbocycles. The SMILES string of the molecule is Cc1cccc(CN(C(=O)COc2ccc(F)cc2)[C@@H](Cc2ccccc2)C(=O)NC2CCCC2)c1. The van der Waals surface area contributed by atoms with E-state index >= 15 is 0 Å². The summed E-state index contributed by atoms with van der Waals surface area (Å²) in [7, 11) is 0. The average molecular weight is 489 g/mol. The van der Waals surface area contributed by atoms with Crippen molar-refractivity contribution in [2.24, 2.45) is 0 Å². The summed E-state index contributed by atoms with van der Waals surface area (Å²) in [6.45, 7) is 2.03. The van der Waals surface area contributed by atoms with Crippen LogP contribution < -0.4 is 10.1 Å². The Morgan fingerprint density at radius 1 is 0.972 bits per heavy atom. The summed E-state index contributed by atoms with van der Waals surface area (Å²) in [4.78, 5) is 28.8. The van der Waals surface area contributed by atoms with Crippen molar-refractivity contribution in [1.82, 2.24) is 10.2 Å². The second kappa shape index (κ2) is 12.3. The van der Waals surface area contributed by atoms with E-state index in [4.69, 9.17) is 4.74 Å². The zero-order valence-corrected chi connectivity index (χ0v) is 20.7. The molecule has 0 radical (unpaired) electrons. The van der Waals surface area contributed by atoms with Crippen LogP contribution in [0.4, 0.5) is 4.39 Å². The fourth-order valence-corrected chi connectivity index (χ4v) is 4.69. The van der Waals surface area contributed by atoms with Gasteiger partial charge in [-0.2, -0.15) is 0 Å². The van der Waals surface area contributed by atoms with Crippen LogP contribution >= 0.6 is 0 Å². The van der Waals surface area contributed by atoms with Gasteiger partial charge in [0.15, 0.2) is 6.61 Å². The number of halogens is 1. The monoisotopic (exact) mass is 488 g/mol. The zero-order chi connectivity index (χ0) is 25.3. The Bertz CT molecular complexity index is 1140. The number of carbonyl (C=O) groups excluding carboxylic acids is 2. The maximum atomic E-state index is 13.6. The quantitative estimate of drug-likeness (QED) is 0.426. The minimum atomic E-state index is -0.696. The Morgan fingerprint density at radius 2 is 1.67 bits per heavy atom. The van der Waals surface area contributed by atoms with Crippen molar-refractivity contribution in [3.63, 3.8) is 0 Å². The molecule has 188 valence electrons. The van der Waals surface area contributed by atoms with Gasteiger partial charge in [0.25, 0.3) is 5.91 Å². The summed E-state index contributed by atoms with van der Waals surface area (Å²) in [5.74, 6) is -0.423. The van der Waals surface area contributed by atoms with Crippen LogP contribution in [-0.2, 0) is 22.6 Å². The Kier molecular flexibility index (Phi) is 8.71. The van der Waals surface area contributed by atoms with E-state index in [1.54, 1.807) is 4.90 Å². The van der Waals surface area contributed by atoms with Gasteiger partial charge in [0.1, 0.15) is 17.6 Å². The summed E-state index contributed by atoms with van der Waals surface area (Å²) in [6, 6.07) is 22.7. The highest BCUT2D eigenvalue weighted by molar-refractivity contribution is 5.88. The van der Waals surface area contributed by atoms with Crippen LogP contribution in [0.5, 0.6) is 5.75 Å². The molecule has 1 fully saturated rings. The van der Waals surface area contributed by atoms with E-state index in [0.29, 0.717) is 12.2 Å². The topological polar surface area (TPSA) is 58.6 Å². The van der Waals surface area contributed by atoms with Gasteiger partial charge in [-0.25, -0.2) is 4.39 Å². The lowest BCUT2D eigenvalue weighted by atomic mass is 10.0. The molecule has 0 spiro atoms. The normalized spacial score (nSPS) is 14.3. The minimum absolute atomic E-state index is 0.141. The Balaban J connectivity index is 1.60. The molecule has 1 N–H and O–H groups in total. The molecule has 6 heteroatoms. The number of aryl methyl sites for hydroxylation is 1. The average Bonchev–Trinajstić information content (AvgIpc) is 3.39. The zero-order valence-electron chi connectivity index (χ0n) is 20.7. The van der Waals surface area contributed by atoms with E-state index in [-0.39, 0.29) is 36.8 Å². The highest BCUT2D eigenvalue weighted by atomic mass is 19.1. The molecule has 1 aliphatic carbocycles. The van der Waals surface area contributed by atoms with Crippen molar-refractivity contribution in [2.45, 2.75) is 57.7 Å². The van der Waals surface area contributed by atoms with Crippen molar-refractivity contribution >= 4 is 11.8 Å². The lowest BCUT2D eigenvalue weighted by molar-refractivity contribution is -0.143. The largest absolute Gasteiger partial charge is 0.484 e. The third-order valence-electron chi connectivity index (χ3n) is 6.58. The van der Waals surface area contributed by atoms with Gasteiger partial charge < -0.3 is 15.0 Å². The van der Waals surface area contributed by atoms with Gasteiger partial charge in [0.05, 0.1) is 0 Å². The highest BCUT2D eigenvalue weighted by Gasteiger charge is 2.32. The molecule has 2 amide bonds. The predicted octanol–water partition coefficient (Wildman–Crippen LogP) is 5.21. The number of nitrogens with zero attached hydrogens (tertiary/aromatic N) is 1. The molecule has 5 nitrogen and oxygen atoms in total. The maximum absolute atomic E-state index is 13.6. The first kappa shape index (κ1) is 25.4. The molecule has 1 saturated carbocycles. The summed E-state index contributed by atoms with van der Waals surface area (Å²) in [5, 5.41) is 3.20. The maximum Gasteiger partial charge on any atom is 0.261 e. The van der Waals surface area contributed by atoms with Crippen molar-refractivity contribution < 1.29 is 18.7 Å². The van der Waals surface area contributed by atoms with E-state index in [1.807, 2.05) is 61.5 Å². The lowest BCUT2D eigenvalue weighted by Crippen LogP contribution is -2.53. The number of hydrogen-bond donors (Lipinski definition) is 1. The van der Waals surface area contributed by atoms with Gasteiger partial charge in [-0.05, 0) is 55.2 Å². The summed E-state index contributed by atoms with van der Waals surface area (Å²) in [6.07, 6.45) is 4.53. The molecule has 0 aromatic heterocycles. The number of amides is 2. The number of hydrogen-bond acceptors (Lipinski definition) is 3. The van der Waals surface area contributed by atoms with Crippen molar-refractivity contribution in [1.29, 1.82) is 0 Å². The van der Waals surface area contributed by atoms with Gasteiger partial charge in [0.2, 0.25) is 5.91 Å². The highest BCUT2D eigenvalue weighted by Crippen LogP contribution is 2.21. The minimum Gasteiger partial charge on any atom is -0.484 e. The van der Waals surface area contributed by atoms with Gasteiger partial charge in [-0.3, -0.25) is 9.59 Å². The van der Waals surface area contributed by atoms with Crippen LogP contribution in [-0.4, -0.2) is 35.4 Å². The van der Waals surface area contributed by atoms with Crippen LogP contribution in [0.3, 0.4) is 0 Å².